The third-order valence-corrected chi connectivity index (χ3v) is 4.82. The predicted octanol–water partition coefficient (Wildman–Crippen LogP) is 1.72. The van der Waals surface area contributed by atoms with Gasteiger partial charge in [0.25, 0.3) is 0 Å². The zero-order chi connectivity index (χ0) is 14.8. The van der Waals surface area contributed by atoms with Gasteiger partial charge in [-0.25, -0.2) is 4.98 Å². The fraction of sp³-hybridized carbons (Fsp3) is 0.400. The highest BCUT2D eigenvalue weighted by Crippen LogP contribution is 2.28. The molecule has 2 heterocycles. The van der Waals surface area contributed by atoms with Gasteiger partial charge in [-0.3, -0.25) is 4.79 Å². The van der Waals surface area contributed by atoms with Gasteiger partial charge in [-0.2, -0.15) is 5.26 Å². The first-order valence-electron chi connectivity index (χ1n) is 6.97. The van der Waals surface area contributed by atoms with Gasteiger partial charge in [-0.15, -0.1) is 11.3 Å². The summed E-state index contributed by atoms with van der Waals surface area (Å²) in [5.41, 5.74) is 0.846. The molecular weight excluding hydrogens is 284 g/mol. The molecule has 0 saturated carbocycles. The van der Waals surface area contributed by atoms with Crippen molar-refractivity contribution in [1.82, 2.24) is 15.2 Å². The second-order valence-electron chi connectivity index (χ2n) is 5.17. The number of rotatable bonds is 2. The Labute approximate surface area is 127 Å². The molecule has 6 heteroatoms. The third-order valence-electron chi connectivity index (χ3n) is 3.72. The van der Waals surface area contributed by atoms with Crippen molar-refractivity contribution in [1.29, 1.82) is 5.26 Å². The van der Waals surface area contributed by atoms with Crippen LogP contribution in [-0.4, -0.2) is 41.5 Å². The van der Waals surface area contributed by atoms with E-state index in [4.69, 9.17) is 0 Å². The van der Waals surface area contributed by atoms with Crippen LogP contribution in [0.3, 0.4) is 0 Å². The summed E-state index contributed by atoms with van der Waals surface area (Å²) in [7, 11) is 0. The van der Waals surface area contributed by atoms with Crippen LogP contribution < -0.4 is 5.32 Å². The largest absolute Gasteiger partial charge is 0.336 e. The van der Waals surface area contributed by atoms with Crippen molar-refractivity contribution in [3.8, 4) is 6.07 Å². The number of piperazine rings is 1. The number of benzene rings is 1. The molecule has 1 fully saturated rings. The van der Waals surface area contributed by atoms with Crippen LogP contribution in [0.4, 0.5) is 0 Å². The lowest BCUT2D eigenvalue weighted by Gasteiger charge is -2.34. The van der Waals surface area contributed by atoms with Gasteiger partial charge in [-0.1, -0.05) is 12.1 Å². The first-order chi connectivity index (χ1) is 10.2. The van der Waals surface area contributed by atoms with Crippen molar-refractivity contribution in [3.05, 3.63) is 29.3 Å². The van der Waals surface area contributed by atoms with Gasteiger partial charge in [0.15, 0.2) is 5.92 Å². The molecule has 1 N–H and O–H groups in total. The van der Waals surface area contributed by atoms with Crippen LogP contribution in [0, 0.1) is 11.3 Å². The molecule has 1 aromatic heterocycles. The normalized spacial score (nSPS) is 20.2. The average molecular weight is 300 g/mol. The van der Waals surface area contributed by atoms with Crippen LogP contribution in [0.2, 0.25) is 0 Å². The Morgan fingerprint density at radius 1 is 1.57 bits per heavy atom. The number of amides is 1. The van der Waals surface area contributed by atoms with Crippen LogP contribution in [0.1, 0.15) is 17.8 Å². The fourth-order valence-corrected chi connectivity index (χ4v) is 3.57. The summed E-state index contributed by atoms with van der Waals surface area (Å²) >= 11 is 1.43. The van der Waals surface area contributed by atoms with Gasteiger partial charge in [-0.05, 0) is 19.1 Å². The van der Waals surface area contributed by atoms with Crippen LogP contribution in [-0.2, 0) is 4.79 Å². The van der Waals surface area contributed by atoms with E-state index in [1.807, 2.05) is 31.2 Å². The molecule has 108 valence electrons. The maximum atomic E-state index is 12.7. The number of carbonyl (C=O) groups is 1. The number of hydrogen-bond acceptors (Lipinski definition) is 5. The molecule has 0 aliphatic carbocycles. The maximum Gasteiger partial charge on any atom is 0.247 e. The van der Waals surface area contributed by atoms with E-state index in [0.29, 0.717) is 11.6 Å². The molecule has 1 aromatic carbocycles. The molecule has 5 nitrogen and oxygen atoms in total. The lowest BCUT2D eigenvalue weighted by Crippen LogP contribution is -2.53. The zero-order valence-corrected chi connectivity index (χ0v) is 12.6. The summed E-state index contributed by atoms with van der Waals surface area (Å²) in [6.45, 7) is 4.18. The molecule has 0 radical (unpaired) electrons. The monoisotopic (exact) mass is 300 g/mol. The van der Waals surface area contributed by atoms with E-state index in [9.17, 15) is 10.1 Å². The minimum Gasteiger partial charge on any atom is -0.336 e. The molecular formula is C15H16N4OS. The number of hydrogen-bond donors (Lipinski definition) is 1. The highest BCUT2D eigenvalue weighted by Gasteiger charge is 2.32. The molecule has 3 rings (SSSR count). The van der Waals surface area contributed by atoms with Crippen molar-refractivity contribution in [3.63, 3.8) is 0 Å². The average Bonchev–Trinajstić information content (AvgIpc) is 2.91. The molecule has 21 heavy (non-hydrogen) atoms. The predicted molar refractivity (Wildman–Crippen MR) is 82.0 cm³/mol. The minimum atomic E-state index is -0.803. The maximum absolute atomic E-state index is 12.7. The number of nitrogens with zero attached hydrogens (tertiary/aromatic N) is 3. The summed E-state index contributed by atoms with van der Waals surface area (Å²) in [4.78, 5) is 18.9. The van der Waals surface area contributed by atoms with Gasteiger partial charge < -0.3 is 10.2 Å². The van der Waals surface area contributed by atoms with Gasteiger partial charge >= 0.3 is 0 Å². The van der Waals surface area contributed by atoms with E-state index in [1.165, 1.54) is 11.3 Å². The summed E-state index contributed by atoms with van der Waals surface area (Å²) in [5, 5.41) is 13.3. The molecule has 1 amide bonds. The molecule has 1 unspecified atom stereocenters. The van der Waals surface area contributed by atoms with E-state index >= 15 is 0 Å². The van der Waals surface area contributed by atoms with E-state index in [-0.39, 0.29) is 11.9 Å². The topological polar surface area (TPSA) is 69.0 Å². The molecule has 1 aliphatic rings. The second-order valence-corrected chi connectivity index (χ2v) is 6.23. The first kappa shape index (κ1) is 14.0. The summed E-state index contributed by atoms with van der Waals surface area (Å²) < 4.78 is 1.01. The van der Waals surface area contributed by atoms with Crippen molar-refractivity contribution < 1.29 is 4.79 Å². The molecule has 0 spiro atoms. The third kappa shape index (κ3) is 2.62. The first-order valence-corrected chi connectivity index (χ1v) is 7.78. The van der Waals surface area contributed by atoms with E-state index in [1.54, 1.807) is 4.90 Å². The molecule has 1 saturated heterocycles. The Kier molecular flexibility index (Phi) is 3.86. The molecule has 2 atom stereocenters. The Balaban J connectivity index is 1.90. The van der Waals surface area contributed by atoms with E-state index in [0.717, 1.165) is 23.3 Å². The number of nitrogens with one attached hydrogen (secondary N) is 1. The van der Waals surface area contributed by atoms with Crippen LogP contribution in [0.15, 0.2) is 24.3 Å². The van der Waals surface area contributed by atoms with Crippen molar-refractivity contribution >= 4 is 27.5 Å². The standard InChI is InChI=1S/C15H16N4OS/c1-10-9-17-6-7-19(10)15(20)11(8-16)14-18-12-4-2-3-5-13(12)21-14/h2-5,10-11,17H,6-7,9H2,1H3/t10-,11?/m1/s1. The van der Waals surface area contributed by atoms with Gasteiger partial charge in [0.1, 0.15) is 5.01 Å². The van der Waals surface area contributed by atoms with E-state index < -0.39 is 5.92 Å². The van der Waals surface area contributed by atoms with Gasteiger partial charge in [0.2, 0.25) is 5.91 Å². The SMILES string of the molecule is C[C@@H]1CNCCN1C(=O)C(C#N)c1nc2ccccc2s1. The van der Waals surface area contributed by atoms with Crippen molar-refractivity contribution in [2.24, 2.45) is 0 Å². The lowest BCUT2D eigenvalue weighted by molar-refractivity contribution is -0.134. The number of carbonyl (C=O) groups excluding carboxylic acids is 1. The number of para-hydroxylation sites is 1. The summed E-state index contributed by atoms with van der Waals surface area (Å²) in [6.07, 6.45) is 0. The second kappa shape index (κ2) is 5.80. The highest BCUT2D eigenvalue weighted by atomic mass is 32.1. The minimum absolute atomic E-state index is 0.108. The zero-order valence-electron chi connectivity index (χ0n) is 11.7. The van der Waals surface area contributed by atoms with Gasteiger partial charge in [0, 0.05) is 25.7 Å². The summed E-state index contributed by atoms with van der Waals surface area (Å²) in [6, 6.07) is 9.95. The Bertz CT molecular complexity index is 672. The Morgan fingerprint density at radius 3 is 3.10 bits per heavy atom. The van der Waals surface area contributed by atoms with Crippen molar-refractivity contribution in [2.45, 2.75) is 18.9 Å². The fourth-order valence-electron chi connectivity index (χ4n) is 2.56. The number of fused-ring (bicyclic) bond motifs is 1. The smallest absolute Gasteiger partial charge is 0.247 e. The van der Waals surface area contributed by atoms with E-state index in [2.05, 4.69) is 16.4 Å². The quantitative estimate of drug-likeness (QED) is 0.917. The molecule has 2 aromatic rings. The Hall–Kier alpha value is -1.97. The highest BCUT2D eigenvalue weighted by molar-refractivity contribution is 7.18. The lowest BCUT2D eigenvalue weighted by atomic mass is 10.1. The summed E-state index contributed by atoms with van der Waals surface area (Å²) in [5.74, 6) is -0.937. The molecule has 0 bridgehead atoms. The number of thiazole rings is 1. The number of aromatic nitrogens is 1. The van der Waals surface area contributed by atoms with Gasteiger partial charge in [0.05, 0.1) is 16.3 Å². The Morgan fingerprint density at radius 2 is 2.38 bits per heavy atom. The molecule has 1 aliphatic heterocycles. The van der Waals surface area contributed by atoms with Crippen molar-refractivity contribution in [2.75, 3.05) is 19.6 Å². The van der Waals surface area contributed by atoms with Crippen LogP contribution >= 0.6 is 11.3 Å². The van der Waals surface area contributed by atoms with Crippen LogP contribution in [0.5, 0.6) is 0 Å². The number of nitriles is 1. The van der Waals surface area contributed by atoms with Crippen LogP contribution in [0.25, 0.3) is 10.2 Å².